The maximum absolute atomic E-state index is 12.5. The van der Waals surface area contributed by atoms with Crippen LogP contribution >= 0.6 is 0 Å². The SMILES string of the molecule is CC(=O)O.C[C@H]1C[C@@H]2[C@H](CC[C@]3(C)C(=O)CC[C@@H]23)[C@@]2(CO)CCC(=O)C=C12. The molecule has 0 aromatic carbocycles. The number of fused-ring (bicyclic) bond motifs is 5. The van der Waals surface area contributed by atoms with Gasteiger partial charge in [-0.15, -0.1) is 0 Å². The van der Waals surface area contributed by atoms with E-state index in [4.69, 9.17) is 9.90 Å². The van der Waals surface area contributed by atoms with Gasteiger partial charge in [-0.05, 0) is 61.9 Å². The molecule has 0 bridgehead atoms. The van der Waals surface area contributed by atoms with Gasteiger partial charge in [-0.25, -0.2) is 0 Å². The molecular weight excluding hydrogens is 344 g/mol. The van der Waals surface area contributed by atoms with Crippen molar-refractivity contribution in [3.05, 3.63) is 11.6 Å². The predicted octanol–water partition coefficient (Wildman–Crippen LogP) is 3.40. The quantitative estimate of drug-likeness (QED) is 0.732. The number of aliphatic hydroxyl groups excluding tert-OH is 1. The summed E-state index contributed by atoms with van der Waals surface area (Å²) in [6, 6.07) is 0. The smallest absolute Gasteiger partial charge is 0.300 e. The summed E-state index contributed by atoms with van der Waals surface area (Å²) in [5.74, 6) is 1.68. The van der Waals surface area contributed by atoms with Gasteiger partial charge in [0.25, 0.3) is 5.97 Å². The van der Waals surface area contributed by atoms with E-state index in [1.807, 2.05) is 6.08 Å². The highest BCUT2D eigenvalue weighted by Crippen LogP contribution is 2.65. The van der Waals surface area contributed by atoms with Crippen LogP contribution in [-0.2, 0) is 14.4 Å². The molecule has 27 heavy (non-hydrogen) atoms. The molecule has 0 aromatic heterocycles. The molecule has 0 spiro atoms. The zero-order valence-electron chi connectivity index (χ0n) is 16.7. The standard InChI is InChI=1S/C20H28O3.C2H4O2/c1-12-9-14-15-3-4-18(23)19(15,2)7-6-16(14)20(11-21)8-5-13(22)10-17(12)20;1-2(3)4/h10,12,14-16,21H,3-9,11H2,1-2H3;1H3,(H,3,4)/t12-,14-,15-,16-,19-,20-;/m0./s1. The highest BCUT2D eigenvalue weighted by atomic mass is 16.4. The molecular formula is C22H32O5. The molecule has 0 aliphatic heterocycles. The molecule has 4 aliphatic rings. The average molecular weight is 376 g/mol. The Kier molecular flexibility index (Phi) is 5.37. The van der Waals surface area contributed by atoms with Crippen molar-refractivity contribution in [2.75, 3.05) is 6.61 Å². The summed E-state index contributed by atoms with van der Waals surface area (Å²) in [6.07, 6.45) is 8.08. The Morgan fingerprint density at radius 3 is 2.48 bits per heavy atom. The van der Waals surface area contributed by atoms with Crippen molar-refractivity contribution in [2.45, 2.75) is 65.7 Å². The average Bonchev–Trinajstić information content (AvgIpc) is 2.90. The Morgan fingerprint density at radius 1 is 1.19 bits per heavy atom. The lowest BCUT2D eigenvalue weighted by Gasteiger charge is -2.59. The summed E-state index contributed by atoms with van der Waals surface area (Å²) < 4.78 is 0. The first kappa shape index (κ1) is 20.2. The molecule has 6 atom stereocenters. The lowest BCUT2D eigenvalue weighted by atomic mass is 9.45. The first-order valence-electron chi connectivity index (χ1n) is 10.2. The Balaban J connectivity index is 0.000000481. The van der Waals surface area contributed by atoms with E-state index in [1.165, 1.54) is 5.57 Å². The first-order chi connectivity index (χ1) is 12.7. The van der Waals surface area contributed by atoms with Crippen LogP contribution in [0.3, 0.4) is 0 Å². The number of carboxylic acids is 1. The van der Waals surface area contributed by atoms with Crippen LogP contribution in [0.1, 0.15) is 65.7 Å². The fourth-order valence-corrected chi connectivity index (χ4v) is 6.81. The van der Waals surface area contributed by atoms with Gasteiger partial charge in [0.2, 0.25) is 0 Å². The van der Waals surface area contributed by atoms with Crippen LogP contribution in [0, 0.1) is 34.5 Å². The van der Waals surface area contributed by atoms with Gasteiger partial charge in [0, 0.05) is 30.6 Å². The number of carbonyl (C=O) groups excluding carboxylic acids is 2. The Labute approximate surface area is 161 Å². The number of hydrogen-bond donors (Lipinski definition) is 2. The molecule has 0 amide bonds. The molecule has 150 valence electrons. The maximum Gasteiger partial charge on any atom is 0.300 e. The molecule has 0 radical (unpaired) electrons. The van der Waals surface area contributed by atoms with Gasteiger partial charge in [-0.3, -0.25) is 14.4 Å². The highest BCUT2D eigenvalue weighted by molar-refractivity contribution is 5.92. The topological polar surface area (TPSA) is 91.7 Å². The minimum absolute atomic E-state index is 0.122. The molecule has 2 N–H and O–H groups in total. The number of hydrogen-bond acceptors (Lipinski definition) is 4. The van der Waals surface area contributed by atoms with Crippen LogP contribution in [0.2, 0.25) is 0 Å². The molecule has 4 rings (SSSR count). The number of ketones is 2. The number of Topliss-reactive ketones (excluding diaryl/α,β-unsaturated/α-hetero) is 1. The summed E-state index contributed by atoms with van der Waals surface area (Å²) in [5, 5.41) is 17.8. The van der Waals surface area contributed by atoms with Crippen molar-refractivity contribution in [2.24, 2.45) is 34.5 Å². The van der Waals surface area contributed by atoms with Crippen LogP contribution in [0.4, 0.5) is 0 Å². The van der Waals surface area contributed by atoms with Crippen LogP contribution in [0.25, 0.3) is 0 Å². The van der Waals surface area contributed by atoms with Crippen molar-refractivity contribution < 1.29 is 24.6 Å². The summed E-state index contributed by atoms with van der Waals surface area (Å²) in [4.78, 5) is 33.4. The van der Waals surface area contributed by atoms with Crippen LogP contribution < -0.4 is 0 Å². The monoisotopic (exact) mass is 376 g/mol. The lowest BCUT2D eigenvalue weighted by molar-refractivity contribution is -0.135. The molecule has 5 heteroatoms. The minimum Gasteiger partial charge on any atom is -0.481 e. The third kappa shape index (κ3) is 3.18. The Hall–Kier alpha value is -1.49. The van der Waals surface area contributed by atoms with E-state index in [-0.39, 0.29) is 23.2 Å². The molecule has 0 saturated heterocycles. The van der Waals surface area contributed by atoms with E-state index in [2.05, 4.69) is 13.8 Å². The Morgan fingerprint density at radius 2 is 1.85 bits per heavy atom. The zero-order chi connectivity index (χ0) is 20.0. The Bertz CT molecular complexity index is 676. The van der Waals surface area contributed by atoms with Gasteiger partial charge in [0.05, 0.1) is 6.61 Å². The molecule has 0 aromatic rings. The van der Waals surface area contributed by atoms with E-state index in [9.17, 15) is 14.7 Å². The highest BCUT2D eigenvalue weighted by Gasteiger charge is 2.61. The van der Waals surface area contributed by atoms with Gasteiger partial charge in [0.15, 0.2) is 5.78 Å². The van der Waals surface area contributed by atoms with Crippen LogP contribution in [0.15, 0.2) is 11.6 Å². The lowest BCUT2D eigenvalue weighted by Crippen LogP contribution is -2.54. The predicted molar refractivity (Wildman–Crippen MR) is 101 cm³/mol. The zero-order valence-corrected chi connectivity index (χ0v) is 16.7. The van der Waals surface area contributed by atoms with Crippen molar-refractivity contribution in [1.29, 1.82) is 0 Å². The first-order valence-corrected chi connectivity index (χ1v) is 10.2. The van der Waals surface area contributed by atoms with Crippen LogP contribution in [0.5, 0.6) is 0 Å². The van der Waals surface area contributed by atoms with E-state index < -0.39 is 5.97 Å². The number of aliphatic carboxylic acids is 1. The third-order valence-corrected chi connectivity index (χ3v) is 8.00. The van der Waals surface area contributed by atoms with E-state index in [0.29, 0.717) is 35.9 Å². The molecule has 4 aliphatic carbocycles. The summed E-state index contributed by atoms with van der Waals surface area (Å²) in [5.41, 5.74) is 0.900. The minimum atomic E-state index is -0.833. The molecule has 0 heterocycles. The second-order valence-corrected chi connectivity index (χ2v) is 9.33. The largest absolute Gasteiger partial charge is 0.481 e. The van der Waals surface area contributed by atoms with Crippen molar-refractivity contribution >= 4 is 17.5 Å². The molecule has 3 saturated carbocycles. The van der Waals surface area contributed by atoms with E-state index in [1.54, 1.807) is 0 Å². The van der Waals surface area contributed by atoms with Gasteiger partial charge >= 0.3 is 0 Å². The van der Waals surface area contributed by atoms with E-state index in [0.717, 1.165) is 45.4 Å². The van der Waals surface area contributed by atoms with Crippen LogP contribution in [-0.4, -0.2) is 34.4 Å². The summed E-state index contributed by atoms with van der Waals surface area (Å²) in [7, 11) is 0. The molecule has 0 unspecified atom stereocenters. The normalized spacial score (nSPS) is 42.9. The van der Waals surface area contributed by atoms with Crippen molar-refractivity contribution in [3.8, 4) is 0 Å². The van der Waals surface area contributed by atoms with Gasteiger partial charge in [-0.1, -0.05) is 19.4 Å². The number of rotatable bonds is 1. The van der Waals surface area contributed by atoms with Crippen molar-refractivity contribution in [1.82, 2.24) is 0 Å². The van der Waals surface area contributed by atoms with Crippen molar-refractivity contribution in [3.63, 3.8) is 0 Å². The number of carboxylic acid groups (broad SMARTS) is 1. The summed E-state index contributed by atoms with van der Waals surface area (Å²) >= 11 is 0. The maximum atomic E-state index is 12.5. The second-order valence-electron chi connectivity index (χ2n) is 9.33. The number of carbonyl (C=O) groups is 3. The van der Waals surface area contributed by atoms with Gasteiger partial charge < -0.3 is 10.2 Å². The molecule has 3 fully saturated rings. The van der Waals surface area contributed by atoms with Gasteiger partial charge in [-0.2, -0.15) is 0 Å². The fraction of sp³-hybridized carbons (Fsp3) is 0.773. The molecule has 5 nitrogen and oxygen atoms in total. The number of aliphatic hydroxyl groups is 1. The second kappa shape index (κ2) is 7.16. The van der Waals surface area contributed by atoms with Gasteiger partial charge in [0.1, 0.15) is 5.78 Å². The van der Waals surface area contributed by atoms with E-state index >= 15 is 0 Å². The third-order valence-electron chi connectivity index (χ3n) is 8.00. The fourth-order valence-electron chi connectivity index (χ4n) is 6.81. The summed E-state index contributed by atoms with van der Waals surface area (Å²) in [6.45, 7) is 5.65.